The number of nitrogens with two attached hydrogens (primary N) is 1. The van der Waals surface area contributed by atoms with Crippen LogP contribution in [0.2, 0.25) is 5.02 Å². The fourth-order valence-electron chi connectivity index (χ4n) is 8.04. The second-order valence-corrected chi connectivity index (χ2v) is 20.3. The lowest BCUT2D eigenvalue weighted by atomic mass is 10.1. The van der Waals surface area contributed by atoms with E-state index >= 15 is 0 Å². The number of rotatable bonds is 15. The number of nitrogen functional groups attached to an aromatic ring is 1. The number of allylic oxidation sites excluding steroid dienone is 2. The maximum atomic E-state index is 12.0. The summed E-state index contributed by atoms with van der Waals surface area (Å²) >= 11 is 6.00. The molecule has 0 atom stereocenters. The van der Waals surface area contributed by atoms with Crippen LogP contribution in [0.15, 0.2) is 77.0 Å². The molecule has 8 rings (SSSR count). The lowest BCUT2D eigenvalue weighted by molar-refractivity contribution is -0.224. The number of aryl methyl sites for hydroxylation is 4. The highest BCUT2D eigenvalue weighted by molar-refractivity contribution is 6.35. The molecule has 6 aromatic rings. The van der Waals surface area contributed by atoms with Crippen LogP contribution in [-0.2, 0) is 73.0 Å². The number of nitriles is 1. The molecule has 8 N–H and O–H groups in total. The van der Waals surface area contributed by atoms with Gasteiger partial charge in [-0.05, 0) is 87.3 Å². The van der Waals surface area contributed by atoms with Crippen molar-refractivity contribution in [1.29, 1.82) is 5.26 Å². The number of halogens is 1. The van der Waals surface area contributed by atoms with Crippen molar-refractivity contribution < 1.29 is 85.7 Å². The van der Waals surface area contributed by atoms with E-state index < -0.39 is 29.5 Å². The lowest BCUT2D eigenvalue weighted by Gasteiger charge is -2.30. The maximum Gasteiger partial charge on any atom is 0.352 e. The lowest BCUT2D eigenvalue weighted by Crippen LogP contribution is -2.41. The van der Waals surface area contributed by atoms with Crippen molar-refractivity contribution >= 4 is 87.1 Å². The number of aromatic nitrogens is 6. The van der Waals surface area contributed by atoms with Gasteiger partial charge in [0.15, 0.2) is 5.57 Å². The Morgan fingerprint density at radius 3 is 1.75 bits per heavy atom. The molecule has 29 heteroatoms. The molecule has 2 saturated heterocycles. The minimum Gasteiger partial charge on any atom is -0.503 e. The first-order valence-corrected chi connectivity index (χ1v) is 28.7. The Balaban J connectivity index is 0.000000289. The Bertz CT molecular complexity index is 3720. The molecule has 0 amide bonds. The molecule has 0 unspecified atom stereocenters. The number of cyclic esters (lactones) is 3. The Labute approximate surface area is 529 Å². The molecule has 0 saturated carbocycles. The first kappa shape index (κ1) is 75.1. The van der Waals surface area contributed by atoms with Crippen LogP contribution in [0.5, 0.6) is 0 Å². The van der Waals surface area contributed by atoms with E-state index in [1.54, 1.807) is 107 Å². The van der Waals surface area contributed by atoms with Gasteiger partial charge in [0.05, 0.1) is 85.7 Å². The molecule has 0 radical (unpaired) electrons. The summed E-state index contributed by atoms with van der Waals surface area (Å²) in [6.07, 6.45) is 10.9. The topological polar surface area (TPSA) is 400 Å². The average molecular weight is 1290 g/mol. The van der Waals surface area contributed by atoms with Gasteiger partial charge in [0, 0.05) is 93.1 Å². The number of H-pyrrole nitrogens is 5. The van der Waals surface area contributed by atoms with E-state index in [0.29, 0.717) is 117 Å². The van der Waals surface area contributed by atoms with Crippen LogP contribution >= 0.6 is 11.6 Å². The zero-order valence-electron chi connectivity index (χ0n) is 53.5. The number of esters is 8. The van der Waals surface area contributed by atoms with Crippen molar-refractivity contribution in [3.05, 3.63) is 138 Å². The number of nitrogens with zero attached hydrogens (tertiary/aromatic N) is 2. The molecule has 0 bridgehead atoms. The highest BCUT2D eigenvalue weighted by Crippen LogP contribution is 2.28. The molecule has 0 spiro atoms. The Hall–Kier alpha value is -10.1. The third-order valence-corrected chi connectivity index (χ3v) is 12.4. The summed E-state index contributed by atoms with van der Waals surface area (Å²) in [6, 6.07) is 4.99. The first-order chi connectivity index (χ1) is 43.0. The van der Waals surface area contributed by atoms with Gasteiger partial charge in [-0.1, -0.05) is 17.7 Å². The van der Waals surface area contributed by atoms with Crippen LogP contribution in [0.3, 0.4) is 0 Å². The number of aromatic amines is 5. The van der Waals surface area contributed by atoms with Gasteiger partial charge in [0.25, 0.3) is 5.79 Å². The number of fused-ring (bicyclic) bond motifs is 2. The Kier molecular flexibility index (Phi) is 29.5. The molecule has 2 aliphatic heterocycles. The molecule has 0 aromatic carbocycles. The fourth-order valence-corrected chi connectivity index (χ4v) is 8.24. The predicted octanol–water partition coefficient (Wildman–Crippen LogP) is 8.32. The second kappa shape index (κ2) is 35.8. The van der Waals surface area contributed by atoms with Crippen LogP contribution in [0, 0.1) is 39.0 Å². The third-order valence-electron chi connectivity index (χ3n) is 12.1. The molecule has 91 heavy (non-hydrogen) atoms. The highest BCUT2D eigenvalue weighted by Gasteiger charge is 2.39. The molecule has 0 aliphatic carbocycles. The van der Waals surface area contributed by atoms with Gasteiger partial charge in [-0.15, -0.1) is 0 Å². The van der Waals surface area contributed by atoms with E-state index in [9.17, 15) is 43.2 Å². The van der Waals surface area contributed by atoms with Gasteiger partial charge in [0.1, 0.15) is 40.5 Å². The van der Waals surface area contributed by atoms with E-state index in [1.807, 2.05) is 13.0 Å². The molecule has 6 aromatic heterocycles. The van der Waals surface area contributed by atoms with Gasteiger partial charge in [0.2, 0.25) is 11.2 Å². The minimum atomic E-state index is -1.20. The number of carbonyl (C=O) groups is 8. The van der Waals surface area contributed by atoms with Crippen LogP contribution in [0.25, 0.3) is 22.1 Å². The van der Waals surface area contributed by atoms with Crippen molar-refractivity contribution in [2.24, 2.45) is 0 Å². The summed E-state index contributed by atoms with van der Waals surface area (Å²) in [7, 11) is 1.33. The van der Waals surface area contributed by atoms with Crippen LogP contribution < -0.4 is 16.5 Å². The summed E-state index contributed by atoms with van der Waals surface area (Å²) in [4.78, 5) is 122. The number of ether oxygens (including phenoxy) is 10. The second-order valence-electron chi connectivity index (χ2n) is 19.8. The largest absolute Gasteiger partial charge is 0.503 e. The number of hydrogen-bond acceptors (Lipinski definition) is 23. The molecular formula is C62H78ClN9O19. The van der Waals surface area contributed by atoms with E-state index in [4.69, 9.17) is 60.5 Å². The van der Waals surface area contributed by atoms with E-state index in [1.165, 1.54) is 39.3 Å². The fraction of sp³-hybridized carbons (Fsp3) is 0.403. The van der Waals surface area contributed by atoms with Gasteiger partial charge in [-0.25, -0.2) is 38.4 Å². The summed E-state index contributed by atoms with van der Waals surface area (Å²) in [5, 5.41) is 11.5. The minimum absolute atomic E-state index is 0.146. The zero-order valence-corrected chi connectivity index (χ0v) is 54.2. The monoisotopic (exact) mass is 1290 g/mol. The molecule has 28 nitrogen and oxygen atoms in total. The van der Waals surface area contributed by atoms with Crippen molar-refractivity contribution in [3.8, 4) is 6.07 Å². The predicted molar refractivity (Wildman–Crippen MR) is 332 cm³/mol. The number of methoxy groups -OCH3 is 1. The Morgan fingerprint density at radius 2 is 1.21 bits per heavy atom. The first-order valence-electron chi connectivity index (χ1n) is 28.3. The smallest absolute Gasteiger partial charge is 0.352 e. The quantitative estimate of drug-likeness (QED) is 0.0127. The third kappa shape index (κ3) is 22.1. The van der Waals surface area contributed by atoms with Gasteiger partial charge in [-0.3, -0.25) is 9.78 Å². The summed E-state index contributed by atoms with van der Waals surface area (Å²) < 4.78 is 49.1. The van der Waals surface area contributed by atoms with Crippen molar-refractivity contribution in [2.75, 3.05) is 59.0 Å². The number of hydrogen-bond donors (Lipinski definition) is 7. The number of nitrogens with one attached hydrogen (secondary N) is 6. The van der Waals surface area contributed by atoms with Crippen LogP contribution in [0.1, 0.15) is 139 Å². The summed E-state index contributed by atoms with van der Waals surface area (Å²) in [5.74, 6) is -5.86. The average Bonchev–Trinajstić information content (AvgIpc) is 1.70. The molecule has 8 heterocycles. The van der Waals surface area contributed by atoms with E-state index in [-0.39, 0.29) is 54.0 Å². The SMILES string of the molecule is CCOC(=O)/C=C(/C)NCC#N.CCOC(=O)c1c(C)[nH]c2c(=O)cc[nH]c12.CCOC(=O)c1c(C)[nH]c2c(Cl)ccnc12.CCOC(=O)c1c(C/C=C2\COC(C)(C)OC2=O)c[nH]c1C.CCOC(=O)c1c(N)c[nH]c1C.COC=C1C(=O)OC(C)(C)OC1=O. The van der Waals surface area contributed by atoms with Crippen LogP contribution in [-0.4, -0.2) is 143 Å². The summed E-state index contributed by atoms with van der Waals surface area (Å²) in [5.41, 5.74) is 14.3. The van der Waals surface area contributed by atoms with E-state index in [2.05, 4.69) is 44.7 Å². The molecule has 2 aliphatic rings. The maximum absolute atomic E-state index is 12.0. The standard InChI is InChI=1S/C16H21NO5.C11H11ClN2O2.C11H12N2O3.2C8H12N2O2.C8H10O5/c1-5-20-15(19)13-10(2)17-8-11(13)6-7-12-9-21-16(3,4)22-14(12)18;1-3-16-11(15)8-6(2)14-9-7(12)4-5-13-10(8)9;1-3-16-11(15)8-6(2)13-9-7(14)4-5-12-10(8)9;1-3-12-8(11)7-5(2)10-4-6(7)9;1-3-12-8(11)6-7(2)10-5-4-9;1-8(2)12-6(9)5(4-11-3)7(10)13-8/h7-8,17H,5-6,9H2,1-4H3;4-5,14H,3H2,1-2H3;4-5,13H,3H2,1-2H3,(H,12,14);4,10H,3,9H2,1-2H3;6,10H,3,5H2,1-2H3;4H,1-3H3/b12-7+;;;;7-6-;. The Morgan fingerprint density at radius 1 is 0.692 bits per heavy atom. The highest BCUT2D eigenvalue weighted by atomic mass is 35.5. The van der Waals surface area contributed by atoms with Crippen molar-refractivity contribution in [2.45, 2.75) is 115 Å². The van der Waals surface area contributed by atoms with Crippen molar-refractivity contribution in [3.63, 3.8) is 0 Å². The van der Waals surface area contributed by atoms with Crippen molar-refractivity contribution in [1.82, 2.24) is 35.2 Å². The summed E-state index contributed by atoms with van der Waals surface area (Å²) in [6.45, 7) is 26.0. The zero-order chi connectivity index (χ0) is 68.3. The van der Waals surface area contributed by atoms with Gasteiger partial charge >= 0.3 is 47.8 Å². The normalized spacial score (nSPS) is 13.9. The number of anilines is 1. The van der Waals surface area contributed by atoms with Crippen LogP contribution in [0.4, 0.5) is 5.69 Å². The number of carbonyl (C=O) groups excluding carboxylic acids is 8. The molecule has 492 valence electrons. The molecular weight excluding hydrogens is 1210 g/mol. The molecule has 2 fully saturated rings. The number of pyridine rings is 2. The van der Waals surface area contributed by atoms with Gasteiger partial charge in [-0.2, -0.15) is 5.26 Å². The van der Waals surface area contributed by atoms with Gasteiger partial charge < -0.3 is 83.3 Å². The van der Waals surface area contributed by atoms with E-state index in [0.717, 1.165) is 23.2 Å².